The monoisotopic (exact) mass is 324 g/mol. The van der Waals surface area contributed by atoms with Crippen LogP contribution in [0, 0.1) is 0 Å². The highest BCUT2D eigenvalue weighted by atomic mass is 16.3. The van der Waals surface area contributed by atoms with E-state index in [2.05, 4.69) is 16.3 Å². The molecule has 0 radical (unpaired) electrons. The number of carbonyl (C=O) groups is 1. The molecular formula is C20H24N2O2. The zero-order chi connectivity index (χ0) is 16.9. The van der Waals surface area contributed by atoms with Gasteiger partial charge in [-0.25, -0.2) is 0 Å². The highest BCUT2D eigenvalue weighted by Gasteiger charge is 2.30. The quantitative estimate of drug-likeness (QED) is 0.821. The van der Waals surface area contributed by atoms with Crippen LogP contribution in [0.2, 0.25) is 0 Å². The fourth-order valence-corrected chi connectivity index (χ4v) is 2.97. The lowest BCUT2D eigenvalue weighted by Crippen LogP contribution is -2.30. The van der Waals surface area contributed by atoms with Crippen LogP contribution in [0.25, 0.3) is 0 Å². The molecule has 1 aliphatic rings. The van der Waals surface area contributed by atoms with E-state index in [1.165, 1.54) is 19.8 Å². The van der Waals surface area contributed by atoms with Gasteiger partial charge >= 0.3 is 0 Å². The molecule has 0 heterocycles. The van der Waals surface area contributed by atoms with Gasteiger partial charge < -0.3 is 10.4 Å². The zero-order valence-corrected chi connectivity index (χ0v) is 14.0. The van der Waals surface area contributed by atoms with Crippen molar-refractivity contribution in [1.82, 2.24) is 4.90 Å². The molecule has 3 rings (SSSR count). The van der Waals surface area contributed by atoms with Gasteiger partial charge in [0.25, 0.3) is 0 Å². The molecule has 0 aliphatic heterocycles. The van der Waals surface area contributed by atoms with Crippen molar-refractivity contribution in [2.24, 2.45) is 0 Å². The van der Waals surface area contributed by atoms with E-state index in [0.717, 1.165) is 23.4 Å². The normalized spacial score (nSPS) is 15.3. The van der Waals surface area contributed by atoms with E-state index in [0.29, 0.717) is 12.6 Å². The number of carbonyl (C=O) groups excluding carboxylic acids is 1. The highest BCUT2D eigenvalue weighted by molar-refractivity contribution is 5.88. The van der Waals surface area contributed by atoms with Crippen LogP contribution in [0.15, 0.2) is 54.6 Å². The zero-order valence-electron chi connectivity index (χ0n) is 14.0. The van der Waals surface area contributed by atoms with Gasteiger partial charge in [0.2, 0.25) is 5.91 Å². The molecule has 2 aromatic carbocycles. The van der Waals surface area contributed by atoms with Gasteiger partial charge in [0.05, 0.1) is 6.10 Å². The largest absolute Gasteiger partial charge is 0.387 e. The van der Waals surface area contributed by atoms with E-state index in [1.54, 1.807) is 0 Å². The molecule has 1 fully saturated rings. The predicted octanol–water partition coefficient (Wildman–Crippen LogP) is 3.34. The van der Waals surface area contributed by atoms with E-state index in [4.69, 9.17) is 0 Å². The second-order valence-corrected chi connectivity index (χ2v) is 6.47. The molecule has 4 heteroatoms. The van der Waals surface area contributed by atoms with Crippen LogP contribution in [0.1, 0.15) is 37.0 Å². The SMILES string of the molecule is CC(=O)Nc1cccc(CN(CC(O)c2ccccc2)C2CC2)c1. The number of rotatable bonds is 7. The third-order valence-corrected chi connectivity index (χ3v) is 4.29. The Labute approximate surface area is 143 Å². The average molecular weight is 324 g/mol. The van der Waals surface area contributed by atoms with Crippen LogP contribution in [0.3, 0.4) is 0 Å². The Hall–Kier alpha value is -2.17. The van der Waals surface area contributed by atoms with E-state index in [1.807, 2.05) is 48.5 Å². The Balaban J connectivity index is 1.67. The second kappa shape index (κ2) is 7.60. The summed E-state index contributed by atoms with van der Waals surface area (Å²) in [5.41, 5.74) is 2.92. The Kier molecular flexibility index (Phi) is 5.28. The lowest BCUT2D eigenvalue weighted by Gasteiger charge is -2.25. The summed E-state index contributed by atoms with van der Waals surface area (Å²) in [4.78, 5) is 13.6. The summed E-state index contributed by atoms with van der Waals surface area (Å²) in [6.07, 6.45) is 1.89. The van der Waals surface area contributed by atoms with Gasteiger partial charge in [-0.2, -0.15) is 0 Å². The number of aliphatic hydroxyl groups excluding tert-OH is 1. The summed E-state index contributed by atoms with van der Waals surface area (Å²) < 4.78 is 0. The molecule has 0 spiro atoms. The molecule has 1 atom stereocenters. The van der Waals surface area contributed by atoms with Gasteiger partial charge in [-0.3, -0.25) is 9.69 Å². The van der Waals surface area contributed by atoms with Crippen LogP contribution in [-0.2, 0) is 11.3 Å². The van der Waals surface area contributed by atoms with E-state index in [-0.39, 0.29) is 5.91 Å². The third-order valence-electron chi connectivity index (χ3n) is 4.29. The van der Waals surface area contributed by atoms with Gasteiger partial charge in [0.1, 0.15) is 0 Å². The van der Waals surface area contributed by atoms with Crippen molar-refractivity contribution in [3.63, 3.8) is 0 Å². The molecule has 2 aromatic rings. The Bertz CT molecular complexity index is 683. The van der Waals surface area contributed by atoms with Gasteiger partial charge in [0, 0.05) is 31.7 Å². The maximum atomic E-state index is 11.2. The molecule has 1 unspecified atom stereocenters. The Morgan fingerprint density at radius 3 is 2.62 bits per heavy atom. The van der Waals surface area contributed by atoms with Gasteiger partial charge in [-0.1, -0.05) is 42.5 Å². The Morgan fingerprint density at radius 2 is 1.96 bits per heavy atom. The molecule has 126 valence electrons. The number of aliphatic hydroxyl groups is 1. The first-order valence-corrected chi connectivity index (χ1v) is 8.45. The maximum Gasteiger partial charge on any atom is 0.221 e. The van der Waals surface area contributed by atoms with E-state index >= 15 is 0 Å². The standard InChI is InChI=1S/C20H24N2O2/c1-15(23)21-18-9-5-6-16(12-18)13-22(19-10-11-19)14-20(24)17-7-3-2-4-8-17/h2-9,12,19-20,24H,10-11,13-14H2,1H3,(H,21,23). The van der Waals surface area contributed by atoms with Gasteiger partial charge in [-0.15, -0.1) is 0 Å². The minimum atomic E-state index is -0.481. The van der Waals surface area contributed by atoms with Crippen molar-refractivity contribution < 1.29 is 9.90 Å². The fourth-order valence-electron chi connectivity index (χ4n) is 2.97. The summed E-state index contributed by atoms with van der Waals surface area (Å²) in [6, 6.07) is 18.3. The number of anilines is 1. The van der Waals surface area contributed by atoms with Gasteiger partial charge in [0.15, 0.2) is 0 Å². The first kappa shape index (κ1) is 16.7. The predicted molar refractivity (Wildman–Crippen MR) is 95.6 cm³/mol. The van der Waals surface area contributed by atoms with Crippen LogP contribution in [0.5, 0.6) is 0 Å². The Morgan fingerprint density at radius 1 is 1.21 bits per heavy atom. The molecule has 0 aromatic heterocycles. The molecular weight excluding hydrogens is 300 g/mol. The lowest BCUT2D eigenvalue weighted by atomic mass is 10.1. The summed E-state index contributed by atoms with van der Waals surface area (Å²) in [5.74, 6) is -0.0642. The van der Waals surface area contributed by atoms with E-state index in [9.17, 15) is 9.90 Å². The summed E-state index contributed by atoms with van der Waals surface area (Å²) >= 11 is 0. The van der Waals surface area contributed by atoms with Crippen molar-refractivity contribution in [3.8, 4) is 0 Å². The summed E-state index contributed by atoms with van der Waals surface area (Å²) in [7, 11) is 0. The second-order valence-electron chi connectivity index (χ2n) is 6.47. The number of hydrogen-bond acceptors (Lipinski definition) is 3. The third kappa shape index (κ3) is 4.66. The van der Waals surface area contributed by atoms with Crippen molar-refractivity contribution in [1.29, 1.82) is 0 Å². The van der Waals surface area contributed by atoms with Crippen molar-refractivity contribution in [2.45, 2.75) is 38.5 Å². The number of hydrogen-bond donors (Lipinski definition) is 2. The smallest absolute Gasteiger partial charge is 0.221 e. The minimum Gasteiger partial charge on any atom is -0.387 e. The first-order valence-electron chi connectivity index (χ1n) is 8.45. The van der Waals surface area contributed by atoms with Crippen LogP contribution in [-0.4, -0.2) is 28.5 Å². The molecule has 24 heavy (non-hydrogen) atoms. The van der Waals surface area contributed by atoms with Crippen molar-refractivity contribution in [2.75, 3.05) is 11.9 Å². The van der Waals surface area contributed by atoms with Crippen LogP contribution >= 0.6 is 0 Å². The van der Waals surface area contributed by atoms with Crippen LogP contribution in [0.4, 0.5) is 5.69 Å². The fraction of sp³-hybridized carbons (Fsp3) is 0.350. The molecule has 4 nitrogen and oxygen atoms in total. The van der Waals surface area contributed by atoms with Gasteiger partial charge in [-0.05, 0) is 36.1 Å². The minimum absolute atomic E-state index is 0.0642. The average Bonchev–Trinajstić information content (AvgIpc) is 3.39. The maximum absolute atomic E-state index is 11.2. The lowest BCUT2D eigenvalue weighted by molar-refractivity contribution is -0.114. The summed E-state index contributed by atoms with van der Waals surface area (Å²) in [6.45, 7) is 2.92. The number of amides is 1. The van der Waals surface area contributed by atoms with Crippen molar-refractivity contribution in [3.05, 3.63) is 65.7 Å². The first-order chi connectivity index (χ1) is 11.6. The number of benzene rings is 2. The molecule has 1 amide bonds. The molecule has 0 saturated heterocycles. The molecule has 1 aliphatic carbocycles. The van der Waals surface area contributed by atoms with Crippen molar-refractivity contribution >= 4 is 11.6 Å². The van der Waals surface area contributed by atoms with E-state index < -0.39 is 6.10 Å². The highest BCUT2D eigenvalue weighted by Crippen LogP contribution is 2.30. The number of nitrogens with zero attached hydrogens (tertiary/aromatic N) is 1. The van der Waals surface area contributed by atoms with Crippen LogP contribution < -0.4 is 5.32 Å². The molecule has 1 saturated carbocycles. The molecule has 0 bridgehead atoms. The summed E-state index contributed by atoms with van der Waals surface area (Å²) in [5, 5.41) is 13.3. The topological polar surface area (TPSA) is 52.6 Å². The molecule has 2 N–H and O–H groups in total. The number of nitrogens with one attached hydrogen (secondary N) is 1.